The summed E-state index contributed by atoms with van der Waals surface area (Å²) in [6.07, 6.45) is 2.15. The number of hydrogen-bond donors (Lipinski definition) is 0. The maximum atomic E-state index is 12.2. The van der Waals surface area contributed by atoms with Crippen molar-refractivity contribution in [3.05, 3.63) is 41.5 Å². The van der Waals surface area contributed by atoms with E-state index in [2.05, 4.69) is 41.0 Å². The van der Waals surface area contributed by atoms with Crippen LogP contribution in [0.4, 0.5) is 0 Å². The molecular formula is C22H30N4O4. The van der Waals surface area contributed by atoms with E-state index in [4.69, 9.17) is 14.0 Å². The molecule has 30 heavy (non-hydrogen) atoms. The number of carbonyl (C=O) groups excluding carboxylic acids is 1. The molecule has 0 N–H and O–H groups in total. The van der Waals surface area contributed by atoms with Crippen molar-refractivity contribution in [1.82, 2.24) is 19.9 Å². The number of carbonyl (C=O) groups is 1. The van der Waals surface area contributed by atoms with E-state index in [1.54, 1.807) is 4.90 Å². The van der Waals surface area contributed by atoms with Gasteiger partial charge in [-0.3, -0.25) is 9.69 Å². The molecule has 0 radical (unpaired) electrons. The minimum absolute atomic E-state index is 0.00242. The van der Waals surface area contributed by atoms with Crippen molar-refractivity contribution in [2.24, 2.45) is 0 Å². The lowest BCUT2D eigenvalue weighted by Gasteiger charge is -2.26. The van der Waals surface area contributed by atoms with Gasteiger partial charge in [0.15, 0.2) is 12.4 Å². The normalized spacial score (nSPS) is 20.1. The largest absolute Gasteiger partial charge is 0.484 e. The molecule has 4 rings (SSSR count). The van der Waals surface area contributed by atoms with Crippen molar-refractivity contribution in [1.29, 1.82) is 0 Å². The molecular weight excluding hydrogens is 384 g/mol. The van der Waals surface area contributed by atoms with Gasteiger partial charge < -0.3 is 18.9 Å². The molecule has 1 atom stereocenters. The van der Waals surface area contributed by atoms with Crippen molar-refractivity contribution in [3.8, 4) is 5.75 Å². The number of ether oxygens (including phenoxy) is 2. The smallest absolute Gasteiger partial charge is 0.260 e. The van der Waals surface area contributed by atoms with Gasteiger partial charge in [0.2, 0.25) is 5.89 Å². The van der Waals surface area contributed by atoms with E-state index in [0.29, 0.717) is 32.1 Å². The molecule has 2 aromatic rings. The molecule has 1 amide bonds. The fourth-order valence-electron chi connectivity index (χ4n) is 3.89. The Balaban J connectivity index is 1.30. The fraction of sp³-hybridized carbons (Fsp3) is 0.591. The van der Waals surface area contributed by atoms with Crippen LogP contribution >= 0.6 is 0 Å². The van der Waals surface area contributed by atoms with Crippen molar-refractivity contribution in [2.45, 2.75) is 45.2 Å². The zero-order valence-corrected chi connectivity index (χ0v) is 17.7. The number of aromatic nitrogens is 2. The van der Waals surface area contributed by atoms with Crippen LogP contribution in [0.25, 0.3) is 0 Å². The highest BCUT2D eigenvalue weighted by molar-refractivity contribution is 5.77. The van der Waals surface area contributed by atoms with Gasteiger partial charge in [0.1, 0.15) is 5.75 Å². The standard InChI is InChI=1S/C22H30N4O4/c1-16(2)21-23-22(30-24-21)19-4-3-9-26(19)14-17-5-7-18(8-6-17)29-15-20(27)25-10-12-28-13-11-25/h5-8,16,19H,3-4,9-15H2,1-2H3/t19-/m0/s1. The predicted molar refractivity (Wildman–Crippen MR) is 110 cm³/mol. The summed E-state index contributed by atoms with van der Waals surface area (Å²) in [6, 6.07) is 8.13. The first-order chi connectivity index (χ1) is 14.6. The summed E-state index contributed by atoms with van der Waals surface area (Å²) < 4.78 is 16.5. The van der Waals surface area contributed by atoms with Crippen molar-refractivity contribution in [2.75, 3.05) is 39.5 Å². The Morgan fingerprint density at radius 2 is 1.97 bits per heavy atom. The SMILES string of the molecule is CC(C)c1noc([C@@H]2CCCN2Cc2ccc(OCC(=O)N3CCOCC3)cc2)n1. The lowest BCUT2D eigenvalue weighted by Crippen LogP contribution is -2.42. The zero-order chi connectivity index (χ0) is 20.9. The number of amides is 1. The minimum atomic E-state index is 0.00242. The van der Waals surface area contributed by atoms with Crippen LogP contribution in [0.3, 0.4) is 0 Å². The third-order valence-corrected chi connectivity index (χ3v) is 5.66. The maximum Gasteiger partial charge on any atom is 0.260 e. The molecule has 0 unspecified atom stereocenters. The number of likely N-dealkylation sites (tertiary alicyclic amines) is 1. The molecule has 0 aliphatic carbocycles. The van der Waals surface area contributed by atoms with Gasteiger partial charge in [-0.2, -0.15) is 4.98 Å². The lowest BCUT2D eigenvalue weighted by molar-refractivity contribution is -0.137. The second-order valence-corrected chi connectivity index (χ2v) is 8.20. The first-order valence-electron chi connectivity index (χ1n) is 10.7. The molecule has 0 saturated carbocycles. The number of hydrogen-bond acceptors (Lipinski definition) is 7. The molecule has 1 aromatic heterocycles. The molecule has 2 aliphatic rings. The van der Waals surface area contributed by atoms with Gasteiger partial charge in [0.25, 0.3) is 5.91 Å². The van der Waals surface area contributed by atoms with Crippen LogP contribution in [0.2, 0.25) is 0 Å². The Morgan fingerprint density at radius 1 is 1.20 bits per heavy atom. The number of nitrogens with zero attached hydrogens (tertiary/aromatic N) is 4. The van der Waals surface area contributed by atoms with Gasteiger partial charge in [-0.25, -0.2) is 0 Å². The van der Waals surface area contributed by atoms with E-state index in [1.807, 2.05) is 12.1 Å². The minimum Gasteiger partial charge on any atom is -0.484 e. The lowest BCUT2D eigenvalue weighted by atomic mass is 10.1. The Bertz CT molecular complexity index is 830. The van der Waals surface area contributed by atoms with Gasteiger partial charge in [-0.1, -0.05) is 31.1 Å². The Labute approximate surface area is 177 Å². The molecule has 2 saturated heterocycles. The second-order valence-electron chi connectivity index (χ2n) is 8.20. The molecule has 0 spiro atoms. The number of morpholine rings is 1. The van der Waals surface area contributed by atoms with Gasteiger partial charge in [0.05, 0.1) is 19.3 Å². The molecule has 162 valence electrons. The highest BCUT2D eigenvalue weighted by atomic mass is 16.5. The average molecular weight is 415 g/mol. The summed E-state index contributed by atoms with van der Waals surface area (Å²) in [5.41, 5.74) is 1.19. The van der Waals surface area contributed by atoms with Crippen LogP contribution in [0.1, 0.15) is 55.9 Å². The molecule has 8 heteroatoms. The summed E-state index contributed by atoms with van der Waals surface area (Å²) >= 11 is 0. The fourth-order valence-corrected chi connectivity index (χ4v) is 3.89. The van der Waals surface area contributed by atoms with E-state index < -0.39 is 0 Å². The second kappa shape index (κ2) is 9.57. The topological polar surface area (TPSA) is 80.9 Å². The molecule has 2 fully saturated rings. The van der Waals surface area contributed by atoms with Gasteiger partial charge in [-0.15, -0.1) is 0 Å². The van der Waals surface area contributed by atoms with Crippen molar-refractivity contribution >= 4 is 5.91 Å². The molecule has 8 nitrogen and oxygen atoms in total. The highest BCUT2D eigenvalue weighted by Gasteiger charge is 2.31. The van der Waals surface area contributed by atoms with Crippen LogP contribution in [0.15, 0.2) is 28.8 Å². The van der Waals surface area contributed by atoms with Crippen molar-refractivity contribution in [3.63, 3.8) is 0 Å². The quantitative estimate of drug-likeness (QED) is 0.689. The van der Waals surface area contributed by atoms with Crippen LogP contribution in [-0.2, 0) is 16.1 Å². The van der Waals surface area contributed by atoms with E-state index in [9.17, 15) is 4.79 Å². The summed E-state index contributed by atoms with van der Waals surface area (Å²) in [5.74, 6) is 2.46. The summed E-state index contributed by atoms with van der Waals surface area (Å²) in [7, 11) is 0. The maximum absolute atomic E-state index is 12.2. The van der Waals surface area contributed by atoms with Gasteiger partial charge >= 0.3 is 0 Å². The van der Waals surface area contributed by atoms with Crippen LogP contribution < -0.4 is 4.74 Å². The number of rotatable bonds is 7. The van der Waals surface area contributed by atoms with E-state index >= 15 is 0 Å². The van der Waals surface area contributed by atoms with Crippen LogP contribution in [0, 0.1) is 0 Å². The first kappa shape index (κ1) is 20.8. The van der Waals surface area contributed by atoms with Gasteiger partial charge in [0, 0.05) is 25.6 Å². The molecule has 1 aromatic carbocycles. The third kappa shape index (κ3) is 4.99. The Kier molecular flexibility index (Phi) is 6.64. The summed E-state index contributed by atoms with van der Waals surface area (Å²) in [5, 5.41) is 4.11. The third-order valence-electron chi connectivity index (χ3n) is 5.66. The predicted octanol–water partition coefficient (Wildman–Crippen LogP) is 2.77. The van der Waals surface area contributed by atoms with E-state index in [1.165, 1.54) is 5.56 Å². The first-order valence-corrected chi connectivity index (χ1v) is 10.7. The van der Waals surface area contributed by atoms with Crippen LogP contribution in [-0.4, -0.2) is 65.3 Å². The number of benzene rings is 1. The highest BCUT2D eigenvalue weighted by Crippen LogP contribution is 2.33. The molecule has 0 bridgehead atoms. The zero-order valence-electron chi connectivity index (χ0n) is 17.7. The monoisotopic (exact) mass is 414 g/mol. The Hall–Kier alpha value is -2.45. The molecule has 3 heterocycles. The Morgan fingerprint density at radius 3 is 2.67 bits per heavy atom. The summed E-state index contributed by atoms with van der Waals surface area (Å²) in [6.45, 7) is 8.49. The average Bonchev–Trinajstić information content (AvgIpc) is 3.43. The summed E-state index contributed by atoms with van der Waals surface area (Å²) in [4.78, 5) is 21.0. The van der Waals surface area contributed by atoms with Crippen molar-refractivity contribution < 1.29 is 18.8 Å². The van der Waals surface area contributed by atoms with E-state index in [-0.39, 0.29) is 24.5 Å². The van der Waals surface area contributed by atoms with Gasteiger partial charge in [-0.05, 0) is 37.1 Å². The van der Waals surface area contributed by atoms with Crippen LogP contribution in [0.5, 0.6) is 5.75 Å². The van der Waals surface area contributed by atoms with E-state index in [0.717, 1.165) is 37.6 Å². The molecule has 2 aliphatic heterocycles.